The van der Waals surface area contributed by atoms with E-state index in [9.17, 15) is 18.0 Å². The average Bonchev–Trinajstić information content (AvgIpc) is 3.09. The van der Waals surface area contributed by atoms with Crippen molar-refractivity contribution in [3.8, 4) is 0 Å². The van der Waals surface area contributed by atoms with E-state index < -0.39 is 11.7 Å². The Morgan fingerprint density at radius 2 is 1.58 bits per heavy atom. The molecule has 24 heavy (non-hydrogen) atoms. The van der Waals surface area contributed by atoms with E-state index in [0.717, 1.165) is 38.3 Å². The van der Waals surface area contributed by atoms with Gasteiger partial charge in [0, 0.05) is 32.2 Å². The first-order valence-corrected chi connectivity index (χ1v) is 8.61. The Kier molecular flexibility index (Phi) is 5.13. The molecule has 1 aromatic carbocycles. The van der Waals surface area contributed by atoms with Gasteiger partial charge in [0.2, 0.25) is 5.91 Å². The van der Waals surface area contributed by atoms with E-state index in [0.29, 0.717) is 11.6 Å². The van der Waals surface area contributed by atoms with Gasteiger partial charge in [-0.1, -0.05) is 25.0 Å². The number of piperazine rings is 1. The van der Waals surface area contributed by atoms with Gasteiger partial charge in [0.25, 0.3) is 0 Å². The van der Waals surface area contributed by atoms with Crippen LogP contribution in [-0.4, -0.2) is 47.9 Å². The fourth-order valence-corrected chi connectivity index (χ4v) is 3.70. The van der Waals surface area contributed by atoms with Crippen LogP contribution in [0.2, 0.25) is 0 Å². The molecule has 1 saturated heterocycles. The number of benzene rings is 1. The molecule has 2 aliphatic rings. The van der Waals surface area contributed by atoms with Crippen LogP contribution < -0.4 is 0 Å². The summed E-state index contributed by atoms with van der Waals surface area (Å²) in [6, 6.07) is 5.56. The van der Waals surface area contributed by atoms with Gasteiger partial charge in [-0.2, -0.15) is 13.2 Å². The summed E-state index contributed by atoms with van der Waals surface area (Å²) in [5.41, 5.74) is -0.0462. The molecule has 1 aromatic rings. The van der Waals surface area contributed by atoms with E-state index in [-0.39, 0.29) is 12.3 Å². The van der Waals surface area contributed by atoms with Gasteiger partial charge in [-0.15, -0.1) is 0 Å². The highest BCUT2D eigenvalue weighted by molar-refractivity contribution is 5.78. The zero-order chi connectivity index (χ0) is 17.2. The van der Waals surface area contributed by atoms with E-state index in [2.05, 4.69) is 4.90 Å². The van der Waals surface area contributed by atoms with E-state index in [1.54, 1.807) is 0 Å². The van der Waals surface area contributed by atoms with Crippen molar-refractivity contribution in [3.05, 3.63) is 35.4 Å². The molecule has 0 spiro atoms. The smallest absolute Gasteiger partial charge is 0.340 e. The van der Waals surface area contributed by atoms with Crippen LogP contribution in [0.4, 0.5) is 13.2 Å². The molecule has 132 valence electrons. The third kappa shape index (κ3) is 4.09. The molecule has 2 fully saturated rings. The minimum atomic E-state index is -4.33. The lowest BCUT2D eigenvalue weighted by Crippen LogP contribution is -2.51. The fraction of sp³-hybridized carbons (Fsp3) is 0.611. The lowest BCUT2D eigenvalue weighted by molar-refractivity contribution is -0.137. The Morgan fingerprint density at radius 3 is 2.12 bits per heavy atom. The van der Waals surface area contributed by atoms with Crippen molar-refractivity contribution in [2.75, 3.05) is 26.2 Å². The molecule has 3 rings (SSSR count). The van der Waals surface area contributed by atoms with Crippen LogP contribution >= 0.6 is 0 Å². The number of carbonyl (C=O) groups is 1. The Balaban J connectivity index is 1.50. The van der Waals surface area contributed by atoms with Crippen LogP contribution in [-0.2, 0) is 17.4 Å². The molecule has 1 amide bonds. The highest BCUT2D eigenvalue weighted by atomic mass is 19.4. The number of alkyl halides is 3. The quantitative estimate of drug-likeness (QED) is 0.843. The molecule has 0 atom stereocenters. The molecule has 1 aliphatic heterocycles. The number of halogens is 3. The Bertz CT molecular complexity index is 557. The number of nitrogens with zero attached hydrogens (tertiary/aromatic N) is 2. The number of rotatable bonds is 3. The van der Waals surface area contributed by atoms with Crippen LogP contribution in [0.1, 0.15) is 36.8 Å². The molecule has 0 aromatic heterocycles. The van der Waals surface area contributed by atoms with Crippen molar-refractivity contribution in [2.45, 2.75) is 44.3 Å². The highest BCUT2D eigenvalue weighted by Crippen LogP contribution is 2.29. The predicted molar refractivity (Wildman–Crippen MR) is 85.6 cm³/mol. The third-order valence-corrected chi connectivity index (χ3v) is 5.14. The largest absolute Gasteiger partial charge is 0.416 e. The molecule has 0 radical (unpaired) electrons. The second-order valence-corrected chi connectivity index (χ2v) is 6.73. The summed E-state index contributed by atoms with van der Waals surface area (Å²) >= 11 is 0. The van der Waals surface area contributed by atoms with Gasteiger partial charge in [-0.05, 0) is 30.5 Å². The van der Waals surface area contributed by atoms with Gasteiger partial charge < -0.3 is 4.90 Å². The Labute approximate surface area is 140 Å². The maximum Gasteiger partial charge on any atom is 0.416 e. The van der Waals surface area contributed by atoms with Crippen molar-refractivity contribution in [1.82, 2.24) is 9.80 Å². The topological polar surface area (TPSA) is 23.6 Å². The molecule has 0 unspecified atom stereocenters. The second-order valence-electron chi connectivity index (χ2n) is 6.73. The SMILES string of the molecule is O=C(Cc1ccc(C(F)(F)F)cc1)N1CCN(C2CCCC2)CC1. The summed E-state index contributed by atoms with van der Waals surface area (Å²) in [6.45, 7) is 3.25. The number of carbonyl (C=O) groups excluding carboxylic acids is 1. The average molecular weight is 340 g/mol. The first-order valence-electron chi connectivity index (χ1n) is 8.61. The molecule has 6 heteroatoms. The van der Waals surface area contributed by atoms with Crippen molar-refractivity contribution in [1.29, 1.82) is 0 Å². The maximum atomic E-state index is 12.6. The van der Waals surface area contributed by atoms with Crippen LogP contribution in [0.3, 0.4) is 0 Å². The predicted octanol–water partition coefficient (Wildman–Crippen LogP) is 3.33. The summed E-state index contributed by atoms with van der Waals surface area (Å²) in [6.07, 6.45) is 0.967. The summed E-state index contributed by atoms with van der Waals surface area (Å²) < 4.78 is 37.7. The normalized spacial score (nSPS) is 20.5. The lowest BCUT2D eigenvalue weighted by Gasteiger charge is -2.38. The van der Waals surface area contributed by atoms with Crippen LogP contribution in [0.25, 0.3) is 0 Å². The van der Waals surface area contributed by atoms with Gasteiger partial charge in [0.05, 0.1) is 12.0 Å². The maximum absolute atomic E-state index is 12.6. The van der Waals surface area contributed by atoms with Crippen molar-refractivity contribution < 1.29 is 18.0 Å². The molecule has 0 N–H and O–H groups in total. The monoisotopic (exact) mass is 340 g/mol. The second kappa shape index (κ2) is 7.13. The Hall–Kier alpha value is -1.56. The molecule has 1 heterocycles. The van der Waals surface area contributed by atoms with Gasteiger partial charge >= 0.3 is 6.18 Å². The van der Waals surface area contributed by atoms with Gasteiger partial charge in [-0.3, -0.25) is 9.69 Å². The van der Waals surface area contributed by atoms with Crippen LogP contribution in [0.5, 0.6) is 0 Å². The number of amides is 1. The molecular formula is C18H23F3N2O. The van der Waals surface area contributed by atoms with E-state index >= 15 is 0 Å². The zero-order valence-corrected chi connectivity index (χ0v) is 13.7. The molecule has 3 nitrogen and oxygen atoms in total. The first kappa shape index (κ1) is 17.3. The first-order chi connectivity index (χ1) is 11.4. The van der Waals surface area contributed by atoms with Gasteiger partial charge in [0.15, 0.2) is 0 Å². The number of hydrogen-bond donors (Lipinski definition) is 0. The fourth-order valence-electron chi connectivity index (χ4n) is 3.70. The van der Waals surface area contributed by atoms with E-state index in [1.807, 2.05) is 4.90 Å². The summed E-state index contributed by atoms with van der Waals surface area (Å²) in [5.74, 6) is 0.000769. The summed E-state index contributed by atoms with van der Waals surface area (Å²) in [5, 5.41) is 0. The van der Waals surface area contributed by atoms with Crippen molar-refractivity contribution in [3.63, 3.8) is 0 Å². The van der Waals surface area contributed by atoms with Gasteiger partial charge in [0.1, 0.15) is 0 Å². The van der Waals surface area contributed by atoms with Gasteiger partial charge in [-0.25, -0.2) is 0 Å². The molecule has 1 saturated carbocycles. The summed E-state index contributed by atoms with van der Waals surface area (Å²) in [7, 11) is 0. The molecular weight excluding hydrogens is 317 g/mol. The third-order valence-electron chi connectivity index (χ3n) is 5.14. The number of hydrogen-bond acceptors (Lipinski definition) is 2. The lowest BCUT2D eigenvalue weighted by atomic mass is 10.1. The molecule has 1 aliphatic carbocycles. The molecule has 0 bridgehead atoms. The van der Waals surface area contributed by atoms with Crippen molar-refractivity contribution >= 4 is 5.91 Å². The Morgan fingerprint density at radius 1 is 1.00 bits per heavy atom. The minimum Gasteiger partial charge on any atom is -0.340 e. The van der Waals surface area contributed by atoms with Crippen molar-refractivity contribution in [2.24, 2.45) is 0 Å². The van der Waals surface area contributed by atoms with E-state index in [4.69, 9.17) is 0 Å². The summed E-state index contributed by atoms with van der Waals surface area (Å²) in [4.78, 5) is 16.7. The minimum absolute atomic E-state index is 0.000769. The van der Waals surface area contributed by atoms with E-state index in [1.165, 1.54) is 37.8 Å². The van der Waals surface area contributed by atoms with Crippen LogP contribution in [0, 0.1) is 0 Å². The zero-order valence-electron chi connectivity index (χ0n) is 13.7. The highest BCUT2D eigenvalue weighted by Gasteiger charge is 2.30. The van der Waals surface area contributed by atoms with Crippen LogP contribution in [0.15, 0.2) is 24.3 Å². The standard InChI is InChI=1S/C18H23F3N2O/c19-18(20,21)15-7-5-14(6-8-15)13-17(24)23-11-9-22(10-12-23)16-3-1-2-4-16/h5-8,16H,1-4,9-13H2.